The summed E-state index contributed by atoms with van der Waals surface area (Å²) in [4.78, 5) is 10.9. The number of rotatable bonds is 9. The van der Waals surface area contributed by atoms with Gasteiger partial charge in [0, 0.05) is 13.1 Å². The molecule has 1 amide bonds. The minimum Gasteiger partial charge on any atom is -0.389 e. The Morgan fingerprint density at radius 3 is 2.50 bits per heavy atom. The molecule has 0 bridgehead atoms. The molecule has 0 saturated heterocycles. The molecule has 3 heteroatoms. The van der Waals surface area contributed by atoms with Gasteiger partial charge in [-0.25, -0.2) is 0 Å². The van der Waals surface area contributed by atoms with Crippen LogP contribution in [0.3, 0.4) is 0 Å². The van der Waals surface area contributed by atoms with Crippen LogP contribution < -0.4 is 5.32 Å². The first kappa shape index (κ1) is 15.2. The number of hydrogen-bond donors (Lipinski definition) is 2. The quantitative estimate of drug-likeness (QED) is 0.469. The topological polar surface area (TPSA) is 49.3 Å². The first-order chi connectivity index (χ1) is 7.70. The molecule has 16 heavy (non-hydrogen) atoms. The van der Waals surface area contributed by atoms with Crippen molar-refractivity contribution in [1.82, 2.24) is 5.32 Å². The summed E-state index contributed by atoms with van der Waals surface area (Å²) in [7, 11) is 1.58. The SMILES string of the molecule is CCCCCCCCC(O)C=CC(=O)NC. The number of carbonyl (C=O) groups is 1. The van der Waals surface area contributed by atoms with Crippen molar-refractivity contribution in [2.45, 2.75) is 58.0 Å². The molecule has 2 N–H and O–H groups in total. The monoisotopic (exact) mass is 227 g/mol. The van der Waals surface area contributed by atoms with E-state index in [0.717, 1.165) is 12.8 Å². The van der Waals surface area contributed by atoms with E-state index in [2.05, 4.69) is 12.2 Å². The minimum atomic E-state index is -0.483. The van der Waals surface area contributed by atoms with Crippen LogP contribution in [-0.2, 0) is 4.79 Å². The molecule has 0 aliphatic carbocycles. The van der Waals surface area contributed by atoms with E-state index in [9.17, 15) is 9.90 Å². The van der Waals surface area contributed by atoms with Gasteiger partial charge in [0.1, 0.15) is 0 Å². The van der Waals surface area contributed by atoms with Gasteiger partial charge in [0.2, 0.25) is 5.91 Å². The third-order valence-electron chi connectivity index (χ3n) is 2.57. The summed E-state index contributed by atoms with van der Waals surface area (Å²) in [5.74, 6) is -0.165. The lowest BCUT2D eigenvalue weighted by atomic mass is 10.1. The van der Waals surface area contributed by atoms with E-state index in [1.807, 2.05) is 0 Å². The molecule has 0 saturated carbocycles. The third-order valence-corrected chi connectivity index (χ3v) is 2.57. The summed E-state index contributed by atoms with van der Waals surface area (Å²) in [6, 6.07) is 0. The Kier molecular flexibility index (Phi) is 10.1. The maximum Gasteiger partial charge on any atom is 0.243 e. The molecule has 0 spiro atoms. The lowest BCUT2D eigenvalue weighted by molar-refractivity contribution is -0.116. The molecular formula is C13H25NO2. The number of hydrogen-bond acceptors (Lipinski definition) is 2. The fourth-order valence-electron chi connectivity index (χ4n) is 1.51. The normalized spacial score (nSPS) is 12.9. The van der Waals surface area contributed by atoms with Crippen molar-refractivity contribution >= 4 is 5.91 Å². The summed E-state index contributed by atoms with van der Waals surface area (Å²) in [5.41, 5.74) is 0. The Bertz CT molecular complexity index is 202. The Hall–Kier alpha value is -0.830. The summed E-state index contributed by atoms with van der Waals surface area (Å²) in [6.07, 6.45) is 10.5. The van der Waals surface area contributed by atoms with E-state index in [1.165, 1.54) is 38.2 Å². The highest BCUT2D eigenvalue weighted by molar-refractivity contribution is 5.87. The molecule has 0 aliphatic heterocycles. The highest BCUT2D eigenvalue weighted by atomic mass is 16.3. The van der Waals surface area contributed by atoms with Crippen LogP contribution in [0.4, 0.5) is 0 Å². The van der Waals surface area contributed by atoms with Crippen molar-refractivity contribution in [2.24, 2.45) is 0 Å². The van der Waals surface area contributed by atoms with E-state index in [0.29, 0.717) is 0 Å². The largest absolute Gasteiger partial charge is 0.389 e. The van der Waals surface area contributed by atoms with Gasteiger partial charge in [-0.2, -0.15) is 0 Å². The molecule has 0 heterocycles. The summed E-state index contributed by atoms with van der Waals surface area (Å²) in [6.45, 7) is 2.20. The van der Waals surface area contributed by atoms with Crippen molar-refractivity contribution < 1.29 is 9.90 Å². The Balaban J connectivity index is 3.40. The van der Waals surface area contributed by atoms with Crippen molar-refractivity contribution in [3.05, 3.63) is 12.2 Å². The van der Waals surface area contributed by atoms with Crippen LogP contribution >= 0.6 is 0 Å². The van der Waals surface area contributed by atoms with Gasteiger partial charge >= 0.3 is 0 Å². The van der Waals surface area contributed by atoms with Crippen molar-refractivity contribution in [2.75, 3.05) is 7.05 Å². The zero-order chi connectivity index (χ0) is 12.2. The maximum atomic E-state index is 10.9. The number of aliphatic hydroxyl groups is 1. The number of likely N-dealkylation sites (N-methyl/N-ethyl adjacent to an activating group) is 1. The molecule has 1 atom stereocenters. The Morgan fingerprint density at radius 1 is 1.25 bits per heavy atom. The van der Waals surface area contributed by atoms with E-state index >= 15 is 0 Å². The summed E-state index contributed by atoms with van der Waals surface area (Å²) in [5, 5.41) is 12.0. The van der Waals surface area contributed by atoms with Gasteiger partial charge in [0.15, 0.2) is 0 Å². The average molecular weight is 227 g/mol. The molecule has 3 nitrogen and oxygen atoms in total. The van der Waals surface area contributed by atoms with E-state index in [4.69, 9.17) is 0 Å². The predicted octanol–water partition coefficient (Wildman–Crippen LogP) is 2.40. The average Bonchev–Trinajstić information content (AvgIpc) is 2.30. The molecule has 0 aromatic carbocycles. The van der Waals surface area contributed by atoms with Gasteiger partial charge < -0.3 is 10.4 Å². The number of aliphatic hydroxyl groups excluding tert-OH is 1. The van der Waals surface area contributed by atoms with E-state index < -0.39 is 6.10 Å². The second-order valence-corrected chi connectivity index (χ2v) is 4.10. The van der Waals surface area contributed by atoms with Gasteiger partial charge in [-0.1, -0.05) is 51.5 Å². The zero-order valence-electron chi connectivity index (χ0n) is 10.5. The number of nitrogens with one attached hydrogen (secondary N) is 1. The first-order valence-corrected chi connectivity index (χ1v) is 6.28. The van der Waals surface area contributed by atoms with Gasteiger partial charge in [0.05, 0.1) is 6.10 Å². The van der Waals surface area contributed by atoms with Crippen LogP contribution in [0.1, 0.15) is 51.9 Å². The van der Waals surface area contributed by atoms with Crippen LogP contribution in [-0.4, -0.2) is 24.2 Å². The molecule has 0 aromatic rings. The summed E-state index contributed by atoms with van der Waals surface area (Å²) < 4.78 is 0. The predicted molar refractivity (Wildman–Crippen MR) is 67.2 cm³/mol. The van der Waals surface area contributed by atoms with Crippen LogP contribution in [0.25, 0.3) is 0 Å². The van der Waals surface area contributed by atoms with Crippen molar-refractivity contribution in [1.29, 1.82) is 0 Å². The molecule has 0 aromatic heterocycles. The molecule has 0 fully saturated rings. The minimum absolute atomic E-state index is 0.165. The van der Waals surface area contributed by atoms with Gasteiger partial charge in [-0.3, -0.25) is 4.79 Å². The van der Waals surface area contributed by atoms with Gasteiger partial charge in [-0.05, 0) is 6.42 Å². The molecule has 94 valence electrons. The number of unbranched alkanes of at least 4 members (excludes halogenated alkanes) is 5. The lowest BCUT2D eigenvalue weighted by Gasteiger charge is -2.05. The lowest BCUT2D eigenvalue weighted by Crippen LogP contribution is -2.15. The maximum absolute atomic E-state index is 10.9. The molecule has 1 unspecified atom stereocenters. The van der Waals surface area contributed by atoms with Gasteiger partial charge in [0.25, 0.3) is 0 Å². The highest BCUT2D eigenvalue weighted by Crippen LogP contribution is 2.09. The van der Waals surface area contributed by atoms with Crippen LogP contribution in [0.2, 0.25) is 0 Å². The van der Waals surface area contributed by atoms with Crippen molar-refractivity contribution in [3.8, 4) is 0 Å². The Labute approximate surface area is 98.9 Å². The molecule has 0 aliphatic rings. The number of carbonyl (C=O) groups excluding carboxylic acids is 1. The van der Waals surface area contributed by atoms with Crippen LogP contribution in [0, 0.1) is 0 Å². The highest BCUT2D eigenvalue weighted by Gasteiger charge is 1.99. The van der Waals surface area contributed by atoms with E-state index in [-0.39, 0.29) is 5.91 Å². The summed E-state index contributed by atoms with van der Waals surface area (Å²) >= 11 is 0. The fraction of sp³-hybridized carbons (Fsp3) is 0.769. The second-order valence-electron chi connectivity index (χ2n) is 4.10. The smallest absolute Gasteiger partial charge is 0.243 e. The second kappa shape index (κ2) is 10.7. The Morgan fingerprint density at radius 2 is 1.88 bits per heavy atom. The van der Waals surface area contributed by atoms with Crippen molar-refractivity contribution in [3.63, 3.8) is 0 Å². The fourth-order valence-corrected chi connectivity index (χ4v) is 1.51. The first-order valence-electron chi connectivity index (χ1n) is 6.28. The van der Waals surface area contributed by atoms with Crippen LogP contribution in [0.15, 0.2) is 12.2 Å². The molecule has 0 radical (unpaired) electrons. The van der Waals surface area contributed by atoms with E-state index in [1.54, 1.807) is 13.1 Å². The zero-order valence-corrected chi connectivity index (χ0v) is 10.5. The molecular weight excluding hydrogens is 202 g/mol. The van der Waals surface area contributed by atoms with Gasteiger partial charge in [-0.15, -0.1) is 0 Å². The standard InChI is InChI=1S/C13H25NO2/c1-3-4-5-6-7-8-9-12(15)10-11-13(16)14-2/h10-12,15H,3-9H2,1-2H3,(H,14,16). The number of amides is 1. The third kappa shape index (κ3) is 9.71. The van der Waals surface area contributed by atoms with Crippen LogP contribution in [0.5, 0.6) is 0 Å². The molecule has 0 rings (SSSR count).